The van der Waals surface area contributed by atoms with Crippen molar-refractivity contribution in [2.75, 3.05) is 21.3 Å². The van der Waals surface area contributed by atoms with Gasteiger partial charge in [-0.25, -0.2) is 0 Å². The van der Waals surface area contributed by atoms with E-state index in [1.165, 1.54) is 0 Å². The van der Waals surface area contributed by atoms with E-state index < -0.39 is 0 Å². The van der Waals surface area contributed by atoms with Crippen LogP contribution in [0.25, 0.3) is 10.9 Å². The Hall–Kier alpha value is -3.93. The van der Waals surface area contributed by atoms with Gasteiger partial charge in [-0.1, -0.05) is 24.3 Å². The lowest BCUT2D eigenvalue weighted by molar-refractivity contribution is -0.120. The largest absolute Gasteiger partial charge is 0.497 e. The molecule has 6 heteroatoms. The van der Waals surface area contributed by atoms with Crippen LogP contribution in [-0.2, 0) is 11.2 Å². The predicted molar refractivity (Wildman–Crippen MR) is 125 cm³/mol. The molecule has 0 atom stereocenters. The minimum atomic E-state index is -0.306. The molecule has 0 unspecified atom stereocenters. The molecule has 0 fully saturated rings. The highest BCUT2D eigenvalue weighted by atomic mass is 16.5. The van der Waals surface area contributed by atoms with Crippen molar-refractivity contribution < 1.29 is 19.0 Å². The van der Waals surface area contributed by atoms with E-state index in [2.05, 4.69) is 10.3 Å². The first-order chi connectivity index (χ1) is 15.6. The summed E-state index contributed by atoms with van der Waals surface area (Å²) in [6.45, 7) is 0. The zero-order valence-electron chi connectivity index (χ0n) is 18.3. The summed E-state index contributed by atoms with van der Waals surface area (Å²) in [5.74, 6) is 2.21. The van der Waals surface area contributed by atoms with Gasteiger partial charge in [-0.2, -0.15) is 0 Å². The number of hydrogen-bond acceptors (Lipinski definition) is 4. The number of methoxy groups -OCH3 is 3. The summed E-state index contributed by atoms with van der Waals surface area (Å²) < 4.78 is 15.9. The Morgan fingerprint density at radius 1 is 0.812 bits per heavy atom. The lowest BCUT2D eigenvalue weighted by Crippen LogP contribution is -2.30. The fourth-order valence-electron chi connectivity index (χ4n) is 3.77. The smallest absolute Gasteiger partial charge is 0.225 e. The van der Waals surface area contributed by atoms with E-state index >= 15 is 0 Å². The maximum Gasteiger partial charge on any atom is 0.225 e. The van der Waals surface area contributed by atoms with Crippen molar-refractivity contribution >= 4 is 16.8 Å². The molecule has 3 aromatic carbocycles. The van der Waals surface area contributed by atoms with Gasteiger partial charge >= 0.3 is 0 Å². The van der Waals surface area contributed by atoms with Gasteiger partial charge in [0, 0.05) is 17.1 Å². The second-order valence-electron chi connectivity index (χ2n) is 7.45. The average molecular weight is 431 g/mol. The SMILES string of the molecule is COc1ccc(C(NC(=O)Cc2c[nH]c3ccc(OC)cc23)c2ccc(OC)cc2)cc1. The Bertz CT molecular complexity index is 1150. The summed E-state index contributed by atoms with van der Waals surface area (Å²) in [5.41, 5.74) is 3.81. The molecule has 4 rings (SSSR count). The number of H-pyrrole nitrogens is 1. The molecule has 0 aliphatic heterocycles. The quantitative estimate of drug-likeness (QED) is 0.427. The Morgan fingerprint density at radius 2 is 1.34 bits per heavy atom. The summed E-state index contributed by atoms with van der Waals surface area (Å²) in [5, 5.41) is 4.17. The molecule has 6 nitrogen and oxygen atoms in total. The maximum atomic E-state index is 13.1. The van der Waals surface area contributed by atoms with Crippen LogP contribution >= 0.6 is 0 Å². The molecule has 1 amide bonds. The number of rotatable bonds is 8. The molecule has 0 spiro atoms. The second-order valence-corrected chi connectivity index (χ2v) is 7.45. The van der Waals surface area contributed by atoms with Crippen LogP contribution in [-0.4, -0.2) is 32.2 Å². The monoisotopic (exact) mass is 430 g/mol. The molecule has 2 N–H and O–H groups in total. The first kappa shape index (κ1) is 21.3. The molecule has 0 saturated carbocycles. The number of aromatic amines is 1. The van der Waals surface area contributed by atoms with Crippen molar-refractivity contribution in [3.8, 4) is 17.2 Å². The summed E-state index contributed by atoms with van der Waals surface area (Å²) in [6.07, 6.45) is 2.12. The lowest BCUT2D eigenvalue weighted by atomic mass is 9.98. The molecule has 0 saturated heterocycles. The summed E-state index contributed by atoms with van der Waals surface area (Å²) >= 11 is 0. The van der Waals surface area contributed by atoms with Crippen LogP contribution in [0.3, 0.4) is 0 Å². The molecule has 4 aromatic rings. The Morgan fingerprint density at radius 3 is 1.88 bits per heavy atom. The second kappa shape index (κ2) is 9.47. The van der Waals surface area contributed by atoms with Crippen molar-refractivity contribution in [1.82, 2.24) is 10.3 Å². The van der Waals surface area contributed by atoms with Crippen LogP contribution in [0, 0.1) is 0 Å². The summed E-state index contributed by atoms with van der Waals surface area (Å²) in [4.78, 5) is 16.3. The van der Waals surface area contributed by atoms with Crippen LogP contribution in [0.15, 0.2) is 72.9 Å². The summed E-state index contributed by atoms with van der Waals surface area (Å²) in [7, 11) is 4.90. The average Bonchev–Trinajstić information content (AvgIpc) is 3.24. The van der Waals surface area contributed by atoms with Gasteiger partial charge < -0.3 is 24.5 Å². The van der Waals surface area contributed by atoms with E-state index in [1.807, 2.05) is 72.9 Å². The third-order valence-electron chi connectivity index (χ3n) is 5.53. The van der Waals surface area contributed by atoms with Crippen LogP contribution in [0.4, 0.5) is 0 Å². The highest BCUT2D eigenvalue weighted by molar-refractivity contribution is 5.90. The van der Waals surface area contributed by atoms with E-state index in [9.17, 15) is 4.79 Å². The van der Waals surface area contributed by atoms with Crippen LogP contribution < -0.4 is 19.5 Å². The lowest BCUT2D eigenvalue weighted by Gasteiger charge is -2.20. The third-order valence-corrected chi connectivity index (χ3v) is 5.53. The normalized spacial score (nSPS) is 10.9. The Labute approximate surface area is 187 Å². The van der Waals surface area contributed by atoms with E-state index in [0.717, 1.165) is 44.8 Å². The standard InChI is InChI=1S/C26H26N2O4/c1-30-20-8-4-17(5-9-20)26(18-6-10-21(31-2)11-7-18)28-25(29)14-19-16-27-24-13-12-22(32-3)15-23(19)24/h4-13,15-16,26-27H,14H2,1-3H3,(H,28,29). The molecule has 32 heavy (non-hydrogen) atoms. The number of benzene rings is 3. The predicted octanol–water partition coefficient (Wildman–Crippen LogP) is 4.64. The van der Waals surface area contributed by atoms with E-state index in [0.29, 0.717) is 0 Å². The molecular formula is C26H26N2O4. The molecular weight excluding hydrogens is 404 g/mol. The topological polar surface area (TPSA) is 72.6 Å². The number of amides is 1. The Balaban J connectivity index is 1.60. The fourth-order valence-corrected chi connectivity index (χ4v) is 3.77. The van der Waals surface area contributed by atoms with Gasteiger partial charge in [0.2, 0.25) is 5.91 Å². The molecule has 0 radical (unpaired) electrons. The number of nitrogens with one attached hydrogen (secondary N) is 2. The zero-order chi connectivity index (χ0) is 22.5. The number of hydrogen-bond donors (Lipinski definition) is 2. The fraction of sp³-hybridized carbons (Fsp3) is 0.192. The third kappa shape index (κ3) is 4.54. The van der Waals surface area contributed by atoms with Crippen LogP contribution in [0.1, 0.15) is 22.7 Å². The van der Waals surface area contributed by atoms with E-state index in [-0.39, 0.29) is 18.4 Å². The Kier molecular flexibility index (Phi) is 6.31. The van der Waals surface area contributed by atoms with Gasteiger partial charge in [0.1, 0.15) is 17.2 Å². The first-order valence-electron chi connectivity index (χ1n) is 10.3. The van der Waals surface area contributed by atoms with Crippen LogP contribution in [0.2, 0.25) is 0 Å². The molecule has 0 aliphatic carbocycles. The first-order valence-corrected chi connectivity index (χ1v) is 10.3. The van der Waals surface area contributed by atoms with Gasteiger partial charge in [0.05, 0.1) is 33.8 Å². The molecule has 1 aromatic heterocycles. The van der Waals surface area contributed by atoms with Crippen molar-refractivity contribution in [1.29, 1.82) is 0 Å². The number of ether oxygens (including phenoxy) is 3. The van der Waals surface area contributed by atoms with Crippen molar-refractivity contribution in [3.05, 3.63) is 89.6 Å². The van der Waals surface area contributed by atoms with E-state index in [4.69, 9.17) is 14.2 Å². The molecule has 0 bridgehead atoms. The molecule has 164 valence electrons. The van der Waals surface area contributed by atoms with Crippen LogP contribution in [0.5, 0.6) is 17.2 Å². The number of aromatic nitrogens is 1. The minimum Gasteiger partial charge on any atom is -0.497 e. The number of carbonyl (C=O) groups is 1. The van der Waals surface area contributed by atoms with Gasteiger partial charge in [-0.05, 0) is 59.2 Å². The molecule has 1 heterocycles. The van der Waals surface area contributed by atoms with Gasteiger partial charge in [0.25, 0.3) is 0 Å². The highest BCUT2D eigenvalue weighted by Gasteiger charge is 2.19. The van der Waals surface area contributed by atoms with Crippen molar-refractivity contribution in [3.63, 3.8) is 0 Å². The number of carbonyl (C=O) groups excluding carboxylic acids is 1. The van der Waals surface area contributed by atoms with Crippen molar-refractivity contribution in [2.45, 2.75) is 12.5 Å². The highest BCUT2D eigenvalue weighted by Crippen LogP contribution is 2.27. The molecule has 0 aliphatic rings. The maximum absolute atomic E-state index is 13.1. The minimum absolute atomic E-state index is 0.0784. The van der Waals surface area contributed by atoms with Gasteiger partial charge in [0.15, 0.2) is 0 Å². The van der Waals surface area contributed by atoms with Gasteiger partial charge in [-0.15, -0.1) is 0 Å². The zero-order valence-corrected chi connectivity index (χ0v) is 18.3. The summed E-state index contributed by atoms with van der Waals surface area (Å²) in [6, 6.07) is 20.9. The van der Waals surface area contributed by atoms with E-state index in [1.54, 1.807) is 21.3 Å². The number of fused-ring (bicyclic) bond motifs is 1. The van der Waals surface area contributed by atoms with Gasteiger partial charge in [-0.3, -0.25) is 4.79 Å². The van der Waals surface area contributed by atoms with Crippen molar-refractivity contribution in [2.24, 2.45) is 0 Å².